The van der Waals surface area contributed by atoms with Crippen molar-refractivity contribution < 1.29 is 13.2 Å². The number of alkyl halides is 3. The molecule has 0 aromatic heterocycles. The molecule has 108 valence electrons. The molecule has 1 aromatic carbocycles. The Labute approximate surface area is 120 Å². The Balaban J connectivity index is 2.07. The lowest BCUT2D eigenvalue weighted by atomic mass is 10.0. The SMILES string of the molecule is N#Cc1ccc(NCC2CCSCC2)cc1C(F)(F)F. The van der Waals surface area contributed by atoms with Crippen LogP contribution in [0, 0.1) is 17.2 Å². The molecule has 2 nitrogen and oxygen atoms in total. The Morgan fingerprint density at radius 1 is 1.30 bits per heavy atom. The lowest BCUT2D eigenvalue weighted by Crippen LogP contribution is -2.19. The Morgan fingerprint density at radius 3 is 2.60 bits per heavy atom. The van der Waals surface area contributed by atoms with Gasteiger partial charge in [0.05, 0.1) is 17.2 Å². The van der Waals surface area contributed by atoms with Crippen LogP contribution in [0.5, 0.6) is 0 Å². The number of nitrogens with zero attached hydrogens (tertiary/aromatic N) is 1. The number of anilines is 1. The topological polar surface area (TPSA) is 35.8 Å². The van der Waals surface area contributed by atoms with E-state index < -0.39 is 11.7 Å². The zero-order chi connectivity index (χ0) is 14.6. The molecule has 1 aliphatic heterocycles. The number of hydrogen-bond donors (Lipinski definition) is 1. The van der Waals surface area contributed by atoms with Crippen LogP contribution < -0.4 is 5.32 Å². The van der Waals surface area contributed by atoms with E-state index in [1.807, 2.05) is 11.8 Å². The Kier molecular flexibility index (Phi) is 4.81. The third kappa shape index (κ3) is 3.83. The molecular formula is C14H15F3N2S. The molecule has 1 aromatic rings. The third-order valence-electron chi connectivity index (χ3n) is 3.38. The highest BCUT2D eigenvalue weighted by atomic mass is 32.2. The van der Waals surface area contributed by atoms with E-state index in [0.717, 1.165) is 30.4 Å². The molecule has 1 heterocycles. The third-order valence-corrected chi connectivity index (χ3v) is 4.43. The fourth-order valence-corrected chi connectivity index (χ4v) is 3.40. The highest BCUT2D eigenvalue weighted by Gasteiger charge is 2.33. The predicted octanol–water partition coefficient (Wildman–Crippen LogP) is 4.13. The largest absolute Gasteiger partial charge is 0.417 e. The van der Waals surface area contributed by atoms with Gasteiger partial charge >= 0.3 is 6.18 Å². The molecule has 1 fully saturated rings. The van der Waals surface area contributed by atoms with Gasteiger partial charge in [0.15, 0.2) is 0 Å². The van der Waals surface area contributed by atoms with Gasteiger partial charge in [0.25, 0.3) is 0 Å². The zero-order valence-corrected chi connectivity index (χ0v) is 11.7. The summed E-state index contributed by atoms with van der Waals surface area (Å²) in [7, 11) is 0. The minimum Gasteiger partial charge on any atom is -0.385 e. The number of halogens is 3. The summed E-state index contributed by atoms with van der Waals surface area (Å²) >= 11 is 1.92. The van der Waals surface area contributed by atoms with Crippen LogP contribution in [0.25, 0.3) is 0 Å². The van der Waals surface area contributed by atoms with E-state index in [1.54, 1.807) is 6.07 Å². The lowest BCUT2D eigenvalue weighted by Gasteiger charge is -2.22. The zero-order valence-electron chi connectivity index (χ0n) is 10.8. The van der Waals surface area contributed by atoms with Gasteiger partial charge in [-0.15, -0.1) is 0 Å². The maximum absolute atomic E-state index is 12.8. The molecule has 6 heteroatoms. The van der Waals surface area contributed by atoms with E-state index in [-0.39, 0.29) is 5.56 Å². The highest BCUT2D eigenvalue weighted by molar-refractivity contribution is 7.99. The Hall–Kier alpha value is -1.35. The second-order valence-electron chi connectivity index (χ2n) is 4.81. The molecule has 0 atom stereocenters. The summed E-state index contributed by atoms with van der Waals surface area (Å²) in [6, 6.07) is 5.37. The van der Waals surface area contributed by atoms with Gasteiger partial charge in [-0.3, -0.25) is 0 Å². The van der Waals surface area contributed by atoms with Crippen molar-refractivity contribution in [3.05, 3.63) is 29.3 Å². The molecule has 1 aliphatic rings. The number of benzene rings is 1. The van der Waals surface area contributed by atoms with Gasteiger partial charge in [-0.05, 0) is 48.5 Å². The van der Waals surface area contributed by atoms with E-state index in [1.165, 1.54) is 12.1 Å². The van der Waals surface area contributed by atoms with Gasteiger partial charge in [-0.25, -0.2) is 0 Å². The summed E-state index contributed by atoms with van der Waals surface area (Å²) in [6.45, 7) is 0.684. The maximum atomic E-state index is 12.8. The normalized spacial score (nSPS) is 16.7. The first-order chi connectivity index (χ1) is 9.50. The fourth-order valence-electron chi connectivity index (χ4n) is 2.20. The minimum absolute atomic E-state index is 0.336. The lowest BCUT2D eigenvalue weighted by molar-refractivity contribution is -0.137. The summed E-state index contributed by atoms with van der Waals surface area (Å²) in [6.07, 6.45) is -2.30. The van der Waals surface area contributed by atoms with Crippen LogP contribution in [0.2, 0.25) is 0 Å². The smallest absolute Gasteiger partial charge is 0.385 e. The summed E-state index contributed by atoms with van der Waals surface area (Å²) in [4.78, 5) is 0. The van der Waals surface area contributed by atoms with Gasteiger partial charge in [-0.1, -0.05) is 0 Å². The van der Waals surface area contributed by atoms with Crippen LogP contribution in [-0.2, 0) is 6.18 Å². The molecule has 0 radical (unpaired) electrons. The minimum atomic E-state index is -4.50. The average molecular weight is 300 g/mol. The van der Waals surface area contributed by atoms with Crippen molar-refractivity contribution in [2.45, 2.75) is 19.0 Å². The molecule has 0 aliphatic carbocycles. The molecule has 0 spiro atoms. The molecule has 0 unspecified atom stereocenters. The molecule has 1 saturated heterocycles. The van der Waals surface area contributed by atoms with Gasteiger partial charge in [0, 0.05) is 12.2 Å². The van der Waals surface area contributed by atoms with Crippen molar-refractivity contribution in [2.24, 2.45) is 5.92 Å². The standard InChI is InChI=1S/C14H15F3N2S/c15-14(16,17)13-7-12(2-1-11(13)8-18)19-9-10-3-5-20-6-4-10/h1-2,7,10,19H,3-6,9H2. The van der Waals surface area contributed by atoms with Crippen molar-refractivity contribution in [3.63, 3.8) is 0 Å². The number of nitrogens with one attached hydrogen (secondary N) is 1. The Bertz CT molecular complexity index is 502. The number of thioether (sulfide) groups is 1. The van der Waals surface area contributed by atoms with Crippen LogP contribution in [0.3, 0.4) is 0 Å². The summed E-state index contributed by atoms with van der Waals surface area (Å²) in [5, 5.41) is 11.8. The monoisotopic (exact) mass is 300 g/mol. The maximum Gasteiger partial charge on any atom is 0.417 e. The van der Waals surface area contributed by atoms with Crippen LogP contribution in [0.1, 0.15) is 24.0 Å². The summed E-state index contributed by atoms with van der Waals surface area (Å²) in [5.41, 5.74) is -0.782. The summed E-state index contributed by atoms with van der Waals surface area (Å²) in [5.74, 6) is 2.75. The van der Waals surface area contributed by atoms with E-state index >= 15 is 0 Å². The predicted molar refractivity (Wildman–Crippen MR) is 74.7 cm³/mol. The number of nitriles is 1. The highest BCUT2D eigenvalue weighted by Crippen LogP contribution is 2.33. The van der Waals surface area contributed by atoms with Crippen LogP contribution in [0.15, 0.2) is 18.2 Å². The van der Waals surface area contributed by atoms with E-state index in [9.17, 15) is 13.2 Å². The summed E-state index contributed by atoms with van der Waals surface area (Å²) < 4.78 is 38.5. The molecule has 2 rings (SSSR count). The number of rotatable bonds is 3. The molecular weight excluding hydrogens is 285 g/mol. The van der Waals surface area contributed by atoms with Crippen molar-refractivity contribution in [1.29, 1.82) is 5.26 Å². The first-order valence-electron chi connectivity index (χ1n) is 6.43. The average Bonchev–Trinajstić information content (AvgIpc) is 2.45. The number of hydrogen-bond acceptors (Lipinski definition) is 3. The molecule has 20 heavy (non-hydrogen) atoms. The van der Waals surface area contributed by atoms with Gasteiger partial charge in [0.1, 0.15) is 0 Å². The van der Waals surface area contributed by atoms with Crippen LogP contribution in [-0.4, -0.2) is 18.1 Å². The fraction of sp³-hybridized carbons (Fsp3) is 0.500. The molecule has 0 amide bonds. The van der Waals surface area contributed by atoms with Gasteiger partial charge < -0.3 is 5.32 Å². The van der Waals surface area contributed by atoms with E-state index in [0.29, 0.717) is 18.2 Å². The van der Waals surface area contributed by atoms with Gasteiger partial charge in [0.2, 0.25) is 0 Å². The second kappa shape index (κ2) is 6.40. The molecule has 1 N–H and O–H groups in total. The van der Waals surface area contributed by atoms with Crippen molar-refractivity contribution in [2.75, 3.05) is 23.4 Å². The van der Waals surface area contributed by atoms with E-state index in [2.05, 4.69) is 5.32 Å². The van der Waals surface area contributed by atoms with Gasteiger partial charge in [-0.2, -0.15) is 30.2 Å². The molecule has 0 bridgehead atoms. The van der Waals surface area contributed by atoms with Crippen molar-refractivity contribution in [3.8, 4) is 6.07 Å². The van der Waals surface area contributed by atoms with E-state index in [4.69, 9.17) is 5.26 Å². The molecule has 0 saturated carbocycles. The first kappa shape index (κ1) is 15.0. The van der Waals surface area contributed by atoms with Crippen LogP contribution in [0.4, 0.5) is 18.9 Å². The van der Waals surface area contributed by atoms with Crippen LogP contribution >= 0.6 is 11.8 Å². The Morgan fingerprint density at radius 2 is 2.00 bits per heavy atom. The van der Waals surface area contributed by atoms with Crippen molar-refractivity contribution in [1.82, 2.24) is 0 Å². The van der Waals surface area contributed by atoms with Crippen molar-refractivity contribution >= 4 is 17.4 Å². The second-order valence-corrected chi connectivity index (χ2v) is 6.03. The quantitative estimate of drug-likeness (QED) is 0.911. The first-order valence-corrected chi connectivity index (χ1v) is 7.59.